The molecular formula is C23H23N3O5. The predicted octanol–water partition coefficient (Wildman–Crippen LogP) is 3.64. The average Bonchev–Trinajstić information content (AvgIpc) is 3.49. The number of carbonyl (C=O) groups is 1. The second kappa shape index (κ2) is 8.29. The molecule has 3 heterocycles. The van der Waals surface area contributed by atoms with E-state index in [-0.39, 0.29) is 18.6 Å². The Kier molecular flexibility index (Phi) is 5.19. The lowest BCUT2D eigenvalue weighted by Gasteiger charge is -2.32. The van der Waals surface area contributed by atoms with Crippen LogP contribution in [0.4, 0.5) is 0 Å². The highest BCUT2D eigenvalue weighted by molar-refractivity contribution is 5.81. The topological polar surface area (TPSA) is 86.9 Å². The summed E-state index contributed by atoms with van der Waals surface area (Å²) in [5.41, 5.74) is 0.930. The fourth-order valence-corrected chi connectivity index (χ4v) is 3.91. The fraction of sp³-hybridized carbons (Fsp3) is 0.348. The van der Waals surface area contributed by atoms with E-state index in [4.69, 9.17) is 18.7 Å². The van der Waals surface area contributed by atoms with Crippen molar-refractivity contribution in [3.05, 3.63) is 54.4 Å². The summed E-state index contributed by atoms with van der Waals surface area (Å²) in [4.78, 5) is 19.3. The van der Waals surface area contributed by atoms with Crippen LogP contribution in [0.2, 0.25) is 0 Å². The summed E-state index contributed by atoms with van der Waals surface area (Å²) >= 11 is 0. The lowest BCUT2D eigenvalue weighted by Crippen LogP contribution is -2.44. The van der Waals surface area contributed by atoms with Crippen LogP contribution in [-0.2, 0) is 4.79 Å². The van der Waals surface area contributed by atoms with Crippen molar-refractivity contribution < 1.29 is 23.5 Å². The highest BCUT2D eigenvalue weighted by atomic mass is 16.7. The van der Waals surface area contributed by atoms with Crippen LogP contribution in [0.5, 0.6) is 17.2 Å². The van der Waals surface area contributed by atoms with Gasteiger partial charge in [-0.3, -0.25) is 4.79 Å². The number of benzene rings is 2. The molecule has 31 heavy (non-hydrogen) atoms. The highest BCUT2D eigenvalue weighted by Crippen LogP contribution is 2.35. The molecule has 0 bridgehead atoms. The van der Waals surface area contributed by atoms with Crippen LogP contribution < -0.4 is 14.2 Å². The molecule has 3 aromatic rings. The van der Waals surface area contributed by atoms with E-state index in [9.17, 15) is 4.79 Å². The molecule has 8 heteroatoms. The van der Waals surface area contributed by atoms with Gasteiger partial charge in [-0.25, -0.2) is 0 Å². The van der Waals surface area contributed by atoms with Crippen molar-refractivity contribution >= 4 is 5.91 Å². The van der Waals surface area contributed by atoms with Crippen molar-refractivity contribution in [1.82, 2.24) is 15.0 Å². The summed E-state index contributed by atoms with van der Waals surface area (Å²) in [5, 5.41) is 4.11. The van der Waals surface area contributed by atoms with E-state index in [1.165, 1.54) is 0 Å². The van der Waals surface area contributed by atoms with Crippen LogP contribution in [0.3, 0.4) is 0 Å². The summed E-state index contributed by atoms with van der Waals surface area (Å²) in [5.74, 6) is 3.25. The van der Waals surface area contributed by atoms with Crippen LogP contribution in [0.25, 0.3) is 11.4 Å². The Morgan fingerprint density at radius 3 is 2.68 bits per heavy atom. The Bertz CT molecular complexity index is 1060. The van der Waals surface area contributed by atoms with Gasteiger partial charge in [0.1, 0.15) is 5.75 Å². The number of piperidine rings is 1. The molecule has 1 fully saturated rings. The van der Waals surface area contributed by atoms with Gasteiger partial charge in [-0.1, -0.05) is 35.5 Å². The number of carbonyl (C=O) groups excluding carboxylic acids is 1. The molecule has 160 valence electrons. The number of amides is 1. The minimum atomic E-state index is -0.593. The van der Waals surface area contributed by atoms with Crippen molar-refractivity contribution in [3.63, 3.8) is 0 Å². The smallest absolute Gasteiger partial charge is 0.263 e. The second-order valence-electron chi connectivity index (χ2n) is 7.70. The zero-order valence-corrected chi connectivity index (χ0v) is 17.2. The van der Waals surface area contributed by atoms with E-state index in [0.29, 0.717) is 42.1 Å². The van der Waals surface area contributed by atoms with Crippen molar-refractivity contribution in [1.29, 1.82) is 0 Å². The third-order valence-corrected chi connectivity index (χ3v) is 5.63. The second-order valence-corrected chi connectivity index (χ2v) is 7.70. The maximum Gasteiger partial charge on any atom is 0.263 e. The number of ether oxygens (including phenoxy) is 3. The lowest BCUT2D eigenvalue weighted by atomic mass is 9.96. The van der Waals surface area contributed by atoms with Crippen LogP contribution in [0.1, 0.15) is 31.6 Å². The van der Waals surface area contributed by atoms with Gasteiger partial charge in [-0.2, -0.15) is 4.98 Å². The minimum absolute atomic E-state index is 0.0355. The maximum atomic E-state index is 12.9. The zero-order chi connectivity index (χ0) is 21.2. The van der Waals surface area contributed by atoms with E-state index in [0.717, 1.165) is 18.4 Å². The number of aromatic nitrogens is 2. The Morgan fingerprint density at radius 1 is 1.10 bits per heavy atom. The van der Waals surface area contributed by atoms with Gasteiger partial charge in [0.15, 0.2) is 17.6 Å². The molecule has 1 saturated heterocycles. The predicted molar refractivity (Wildman–Crippen MR) is 111 cm³/mol. The van der Waals surface area contributed by atoms with E-state index in [1.54, 1.807) is 25.1 Å². The summed E-state index contributed by atoms with van der Waals surface area (Å²) in [7, 11) is 0. The molecule has 2 aliphatic rings. The molecule has 5 rings (SSSR count). The lowest BCUT2D eigenvalue weighted by molar-refractivity contribution is -0.139. The number of hydrogen-bond donors (Lipinski definition) is 0. The normalized spacial score (nSPS) is 16.9. The molecule has 2 aromatic carbocycles. The molecule has 0 saturated carbocycles. The fourth-order valence-electron chi connectivity index (χ4n) is 3.91. The monoisotopic (exact) mass is 421 g/mol. The third kappa shape index (κ3) is 4.05. The minimum Gasteiger partial charge on any atom is -0.481 e. The van der Waals surface area contributed by atoms with Crippen LogP contribution in [-0.4, -0.2) is 46.9 Å². The summed E-state index contributed by atoms with van der Waals surface area (Å²) < 4.78 is 22.0. The van der Waals surface area contributed by atoms with Gasteiger partial charge in [0, 0.05) is 30.6 Å². The first-order valence-electron chi connectivity index (χ1n) is 10.4. The van der Waals surface area contributed by atoms with E-state index in [2.05, 4.69) is 10.1 Å². The van der Waals surface area contributed by atoms with Crippen molar-refractivity contribution in [2.75, 3.05) is 19.9 Å². The summed E-state index contributed by atoms with van der Waals surface area (Å²) in [6.07, 6.45) is 0.961. The molecule has 0 radical (unpaired) electrons. The first-order chi connectivity index (χ1) is 15.2. The number of fused-ring (bicyclic) bond motifs is 1. The standard InChI is InChI=1S/C23H23N3O5/c1-15(30-18-7-8-19-20(13-18)29-14-28-19)23(27)26-11-9-17(10-12-26)22-24-21(25-31-22)16-5-3-2-4-6-16/h2-8,13,15,17H,9-12,14H2,1H3. The Balaban J connectivity index is 1.17. The molecule has 0 aliphatic carbocycles. The molecule has 1 aromatic heterocycles. The number of rotatable bonds is 5. The van der Waals surface area contributed by atoms with Gasteiger partial charge in [-0.05, 0) is 31.9 Å². The van der Waals surface area contributed by atoms with Crippen molar-refractivity contribution in [3.8, 4) is 28.6 Å². The molecule has 2 aliphatic heterocycles. The first kappa shape index (κ1) is 19.4. The highest BCUT2D eigenvalue weighted by Gasteiger charge is 2.30. The first-order valence-corrected chi connectivity index (χ1v) is 10.4. The SMILES string of the molecule is CC(Oc1ccc2c(c1)OCO2)C(=O)N1CCC(c2nc(-c3ccccc3)no2)CC1. The number of likely N-dealkylation sites (tertiary alicyclic amines) is 1. The van der Waals surface area contributed by atoms with Gasteiger partial charge in [0.2, 0.25) is 18.5 Å². The Hall–Kier alpha value is -3.55. The average molecular weight is 421 g/mol. The quantitative estimate of drug-likeness (QED) is 0.622. The van der Waals surface area contributed by atoms with Crippen LogP contribution in [0, 0.1) is 0 Å². The van der Waals surface area contributed by atoms with Gasteiger partial charge >= 0.3 is 0 Å². The van der Waals surface area contributed by atoms with Crippen LogP contribution >= 0.6 is 0 Å². The number of hydrogen-bond acceptors (Lipinski definition) is 7. The Labute approximate surface area is 179 Å². The molecular weight excluding hydrogens is 398 g/mol. The molecule has 1 amide bonds. The molecule has 8 nitrogen and oxygen atoms in total. The molecule has 1 atom stereocenters. The van der Waals surface area contributed by atoms with Gasteiger partial charge in [0.25, 0.3) is 5.91 Å². The number of nitrogens with zero attached hydrogens (tertiary/aromatic N) is 3. The van der Waals surface area contributed by atoms with Gasteiger partial charge in [-0.15, -0.1) is 0 Å². The van der Waals surface area contributed by atoms with Crippen molar-refractivity contribution in [2.45, 2.75) is 31.8 Å². The van der Waals surface area contributed by atoms with E-state index >= 15 is 0 Å². The largest absolute Gasteiger partial charge is 0.481 e. The molecule has 0 spiro atoms. The van der Waals surface area contributed by atoms with Crippen molar-refractivity contribution in [2.24, 2.45) is 0 Å². The maximum absolute atomic E-state index is 12.9. The van der Waals surface area contributed by atoms with Gasteiger partial charge in [0.05, 0.1) is 0 Å². The van der Waals surface area contributed by atoms with Gasteiger partial charge < -0.3 is 23.6 Å². The van der Waals surface area contributed by atoms with E-state index in [1.807, 2.05) is 35.2 Å². The van der Waals surface area contributed by atoms with Crippen LogP contribution in [0.15, 0.2) is 53.1 Å². The Morgan fingerprint density at radius 2 is 1.87 bits per heavy atom. The molecule has 1 unspecified atom stereocenters. The third-order valence-electron chi connectivity index (χ3n) is 5.63. The van der Waals surface area contributed by atoms with E-state index < -0.39 is 6.10 Å². The summed E-state index contributed by atoms with van der Waals surface area (Å²) in [6, 6.07) is 15.1. The summed E-state index contributed by atoms with van der Waals surface area (Å²) in [6.45, 7) is 3.22. The zero-order valence-electron chi connectivity index (χ0n) is 17.2. The molecule has 0 N–H and O–H groups in total.